The normalized spacial score (nSPS) is 14.1. The van der Waals surface area contributed by atoms with Crippen molar-refractivity contribution >= 4 is 10.9 Å². The monoisotopic (exact) mass is 294 g/mol. The number of aromatic nitrogens is 1. The maximum atomic E-state index is 10.7. The zero-order chi connectivity index (χ0) is 15.5. The van der Waals surface area contributed by atoms with E-state index in [9.17, 15) is 5.11 Å². The molecule has 0 aliphatic carbocycles. The van der Waals surface area contributed by atoms with Crippen molar-refractivity contribution < 1.29 is 5.11 Å². The molecule has 0 spiro atoms. The van der Waals surface area contributed by atoms with E-state index >= 15 is 0 Å². The molecule has 22 heavy (non-hydrogen) atoms. The second-order valence-electron chi connectivity index (χ2n) is 5.77. The van der Waals surface area contributed by atoms with Crippen LogP contribution in [0.2, 0.25) is 0 Å². The van der Waals surface area contributed by atoms with Gasteiger partial charge in [0.05, 0.1) is 12.1 Å². The van der Waals surface area contributed by atoms with Gasteiger partial charge in [-0.2, -0.15) is 0 Å². The van der Waals surface area contributed by atoms with Crippen molar-refractivity contribution in [1.82, 2.24) is 9.88 Å². The number of fused-ring (bicyclic) bond motifs is 1. The molecule has 114 valence electrons. The highest BCUT2D eigenvalue weighted by molar-refractivity contribution is 5.81. The number of nitrogens with zero attached hydrogens (tertiary/aromatic N) is 1. The van der Waals surface area contributed by atoms with E-state index in [1.54, 1.807) is 0 Å². The van der Waals surface area contributed by atoms with Gasteiger partial charge in [0.1, 0.15) is 0 Å². The summed E-state index contributed by atoms with van der Waals surface area (Å²) in [5, 5.41) is 15.0. The van der Waals surface area contributed by atoms with Crippen molar-refractivity contribution in [1.29, 1.82) is 0 Å². The van der Waals surface area contributed by atoms with Gasteiger partial charge >= 0.3 is 0 Å². The molecular formula is C19H22N2O. The lowest BCUT2D eigenvalue weighted by molar-refractivity contribution is 0.132. The maximum absolute atomic E-state index is 10.7. The molecule has 3 heteroatoms. The fourth-order valence-electron chi connectivity index (χ4n) is 3.04. The smallest absolute Gasteiger partial charge is 0.0912 e. The molecule has 1 heterocycles. The van der Waals surface area contributed by atoms with Crippen LogP contribution < -0.4 is 5.32 Å². The summed E-state index contributed by atoms with van der Waals surface area (Å²) in [6, 6.07) is 18.6. The van der Waals surface area contributed by atoms with Gasteiger partial charge in [0.2, 0.25) is 0 Å². The molecule has 0 amide bonds. The molecule has 3 nitrogen and oxygen atoms in total. The predicted octanol–water partition coefficient (Wildman–Crippen LogP) is 3.12. The molecule has 2 N–H and O–H groups in total. The first-order chi connectivity index (χ1) is 10.7. The van der Waals surface area contributed by atoms with Crippen molar-refractivity contribution in [3.8, 4) is 0 Å². The second-order valence-corrected chi connectivity index (χ2v) is 5.77. The molecule has 2 atom stereocenters. The Morgan fingerprint density at radius 1 is 1.09 bits per heavy atom. The zero-order valence-corrected chi connectivity index (χ0v) is 13.0. The Morgan fingerprint density at radius 3 is 2.59 bits per heavy atom. The molecule has 1 aromatic heterocycles. The lowest BCUT2D eigenvalue weighted by atomic mass is 10.0. The molecule has 0 fully saturated rings. The molecule has 0 unspecified atom stereocenters. The summed E-state index contributed by atoms with van der Waals surface area (Å²) in [7, 11) is 1.86. The highest BCUT2D eigenvalue weighted by Gasteiger charge is 2.23. The Labute approximate surface area is 131 Å². The van der Waals surface area contributed by atoms with Crippen LogP contribution in [0.25, 0.3) is 10.9 Å². The summed E-state index contributed by atoms with van der Waals surface area (Å²) in [4.78, 5) is 0. The van der Waals surface area contributed by atoms with Crippen LogP contribution in [0.4, 0.5) is 0 Å². The third-order valence-corrected chi connectivity index (χ3v) is 4.10. The first-order valence-electron chi connectivity index (χ1n) is 7.65. The van der Waals surface area contributed by atoms with Crippen molar-refractivity contribution in [2.75, 3.05) is 13.6 Å². The Hall–Kier alpha value is -2.10. The zero-order valence-electron chi connectivity index (χ0n) is 13.0. The molecule has 0 saturated heterocycles. The first kappa shape index (κ1) is 14.8. The van der Waals surface area contributed by atoms with Crippen molar-refractivity contribution in [2.24, 2.45) is 0 Å². The third kappa shape index (κ3) is 2.78. The van der Waals surface area contributed by atoms with Crippen LogP contribution in [-0.2, 0) is 0 Å². The van der Waals surface area contributed by atoms with E-state index < -0.39 is 6.10 Å². The van der Waals surface area contributed by atoms with Gasteiger partial charge in [-0.1, -0.05) is 42.5 Å². The minimum Gasteiger partial charge on any atom is -0.389 e. The van der Waals surface area contributed by atoms with Crippen LogP contribution in [0, 0.1) is 6.92 Å². The van der Waals surface area contributed by atoms with Gasteiger partial charge in [-0.05, 0) is 42.6 Å². The van der Waals surface area contributed by atoms with Gasteiger partial charge in [0.15, 0.2) is 0 Å². The topological polar surface area (TPSA) is 37.2 Å². The van der Waals surface area contributed by atoms with E-state index in [0.29, 0.717) is 6.54 Å². The molecule has 0 radical (unpaired) electrons. The molecule has 0 bridgehead atoms. The predicted molar refractivity (Wildman–Crippen MR) is 91.2 cm³/mol. The van der Waals surface area contributed by atoms with Crippen LogP contribution in [0.15, 0.2) is 60.8 Å². The summed E-state index contributed by atoms with van der Waals surface area (Å²) in [5.41, 5.74) is 3.50. The molecule has 2 aromatic carbocycles. The lowest BCUT2D eigenvalue weighted by Crippen LogP contribution is -2.33. The van der Waals surface area contributed by atoms with E-state index in [0.717, 1.165) is 11.1 Å². The summed E-state index contributed by atoms with van der Waals surface area (Å²) in [6.07, 6.45) is 1.57. The van der Waals surface area contributed by atoms with E-state index in [4.69, 9.17) is 0 Å². The molecule has 3 rings (SSSR count). The molecule has 0 saturated carbocycles. The van der Waals surface area contributed by atoms with E-state index in [-0.39, 0.29) is 6.04 Å². The minimum absolute atomic E-state index is 0.104. The van der Waals surface area contributed by atoms with Crippen LogP contribution in [0.1, 0.15) is 17.2 Å². The van der Waals surface area contributed by atoms with Gasteiger partial charge in [0, 0.05) is 18.3 Å². The van der Waals surface area contributed by atoms with Gasteiger partial charge < -0.3 is 15.0 Å². The number of hydrogen-bond acceptors (Lipinski definition) is 2. The average Bonchev–Trinajstić information content (AvgIpc) is 2.92. The summed E-state index contributed by atoms with van der Waals surface area (Å²) < 4.78 is 2.18. The van der Waals surface area contributed by atoms with Crippen molar-refractivity contribution in [3.05, 3.63) is 71.9 Å². The number of aryl methyl sites for hydroxylation is 1. The number of hydrogen-bond donors (Lipinski definition) is 2. The number of likely N-dealkylation sites (N-methyl/N-ethyl adjacent to an activating group) is 1. The number of benzene rings is 2. The van der Waals surface area contributed by atoms with E-state index in [2.05, 4.69) is 59.4 Å². The highest BCUT2D eigenvalue weighted by atomic mass is 16.3. The summed E-state index contributed by atoms with van der Waals surface area (Å²) in [6.45, 7) is 2.64. The van der Waals surface area contributed by atoms with Gasteiger partial charge in [-0.3, -0.25) is 0 Å². The molecule has 0 aliphatic heterocycles. The maximum Gasteiger partial charge on any atom is 0.0912 e. The van der Waals surface area contributed by atoms with Crippen LogP contribution in [0.5, 0.6) is 0 Å². The Kier molecular flexibility index (Phi) is 4.27. The number of aliphatic hydroxyl groups excluding tert-OH is 1. The van der Waals surface area contributed by atoms with Crippen LogP contribution >= 0.6 is 0 Å². The Bertz CT molecular complexity index is 748. The first-order valence-corrected chi connectivity index (χ1v) is 7.65. The van der Waals surface area contributed by atoms with Gasteiger partial charge in [-0.15, -0.1) is 0 Å². The van der Waals surface area contributed by atoms with Crippen LogP contribution in [0.3, 0.4) is 0 Å². The molecule has 0 aliphatic rings. The van der Waals surface area contributed by atoms with Crippen LogP contribution in [-0.4, -0.2) is 29.4 Å². The average molecular weight is 294 g/mol. The van der Waals surface area contributed by atoms with Gasteiger partial charge in [-0.25, -0.2) is 0 Å². The largest absolute Gasteiger partial charge is 0.389 e. The quantitative estimate of drug-likeness (QED) is 0.758. The second kappa shape index (κ2) is 6.34. The van der Waals surface area contributed by atoms with Crippen molar-refractivity contribution in [2.45, 2.75) is 19.1 Å². The van der Waals surface area contributed by atoms with E-state index in [1.165, 1.54) is 10.9 Å². The number of nitrogens with one attached hydrogen (secondary N) is 1. The fourth-order valence-corrected chi connectivity index (χ4v) is 3.04. The molecule has 3 aromatic rings. The Balaban J connectivity index is 2.13. The number of rotatable bonds is 5. The van der Waals surface area contributed by atoms with Crippen molar-refractivity contribution in [3.63, 3.8) is 0 Å². The third-order valence-electron chi connectivity index (χ3n) is 4.10. The summed E-state index contributed by atoms with van der Waals surface area (Å²) >= 11 is 0. The standard InChI is InChI=1S/C19H22N2O/c1-14-8-9-15-10-11-21(17(15)12-14)19(18(22)13-20-2)16-6-4-3-5-7-16/h3-12,18-20,22H,13H2,1-2H3/t18-,19+/m1/s1. The number of aliphatic hydroxyl groups is 1. The Morgan fingerprint density at radius 2 is 1.86 bits per heavy atom. The minimum atomic E-state index is -0.497. The summed E-state index contributed by atoms with van der Waals surface area (Å²) in [5.74, 6) is 0. The van der Waals surface area contributed by atoms with E-state index in [1.807, 2.05) is 25.2 Å². The lowest BCUT2D eigenvalue weighted by Gasteiger charge is -2.26. The van der Waals surface area contributed by atoms with Gasteiger partial charge in [0.25, 0.3) is 0 Å². The SMILES string of the molecule is CNC[C@@H](O)[C@H](c1ccccc1)n1ccc2ccc(C)cc21. The molecular weight excluding hydrogens is 272 g/mol. The highest BCUT2D eigenvalue weighted by Crippen LogP contribution is 2.28. The fraction of sp³-hybridized carbons (Fsp3) is 0.263.